The van der Waals surface area contributed by atoms with Gasteiger partial charge < -0.3 is 24.7 Å². The lowest BCUT2D eigenvalue weighted by atomic mass is 9.95. The molecule has 0 saturated carbocycles. The highest BCUT2D eigenvalue weighted by molar-refractivity contribution is 7.80. The molecule has 2 atom stereocenters. The summed E-state index contributed by atoms with van der Waals surface area (Å²) in [5.41, 5.74) is 2.25. The van der Waals surface area contributed by atoms with Crippen molar-refractivity contribution in [1.29, 1.82) is 0 Å². The third-order valence-corrected chi connectivity index (χ3v) is 7.76. The molecule has 1 aliphatic heterocycles. The molecule has 1 fully saturated rings. The Morgan fingerprint density at radius 3 is 2.60 bits per heavy atom. The molecule has 5 rings (SSSR count). The molecule has 2 aromatic carbocycles. The van der Waals surface area contributed by atoms with Gasteiger partial charge >= 0.3 is 0 Å². The lowest BCUT2D eigenvalue weighted by Crippen LogP contribution is -2.30. The number of carbonyl (C=O) groups is 1. The fourth-order valence-corrected chi connectivity index (χ4v) is 5.25. The predicted molar refractivity (Wildman–Crippen MR) is 163 cm³/mol. The van der Waals surface area contributed by atoms with Crippen molar-refractivity contribution in [2.45, 2.75) is 32.9 Å². The fourth-order valence-electron chi connectivity index (χ4n) is 4.52. The van der Waals surface area contributed by atoms with E-state index in [0.717, 1.165) is 11.4 Å². The van der Waals surface area contributed by atoms with Crippen molar-refractivity contribution in [1.82, 2.24) is 10.3 Å². The Bertz CT molecular complexity index is 1570. The van der Waals surface area contributed by atoms with Crippen LogP contribution in [0.5, 0.6) is 5.75 Å². The zero-order valence-electron chi connectivity index (χ0n) is 22.4. The van der Waals surface area contributed by atoms with Crippen LogP contribution in [0.15, 0.2) is 77.3 Å². The molecule has 1 amide bonds. The van der Waals surface area contributed by atoms with Gasteiger partial charge in [-0.05, 0) is 60.7 Å². The quantitative estimate of drug-likeness (QED) is 0.220. The molecule has 40 heavy (non-hydrogen) atoms. The molecule has 0 aliphatic carbocycles. The normalized spacial score (nSPS) is 17.1. The van der Waals surface area contributed by atoms with Crippen LogP contribution >= 0.6 is 35.4 Å². The summed E-state index contributed by atoms with van der Waals surface area (Å²) < 4.78 is 12.1. The number of rotatable bonds is 6. The highest BCUT2D eigenvalue weighted by Crippen LogP contribution is 2.45. The third-order valence-electron chi connectivity index (χ3n) is 6.63. The van der Waals surface area contributed by atoms with Crippen molar-refractivity contribution in [3.05, 3.63) is 94.4 Å². The largest absolute Gasteiger partial charge is 0.494 e. The molecule has 10 heteroatoms. The minimum absolute atomic E-state index is 0.118. The van der Waals surface area contributed by atoms with Crippen molar-refractivity contribution in [2.24, 2.45) is 5.41 Å². The molecule has 2 aromatic heterocycles. The number of amides is 1. The van der Waals surface area contributed by atoms with Gasteiger partial charge in [0.1, 0.15) is 23.3 Å². The second-order valence-corrected chi connectivity index (χ2v) is 11.6. The molecule has 0 spiro atoms. The molecule has 4 aromatic rings. The standard InChI is InChI=1S/C30H28Cl2N4O3S/c1-30(2,3)28(37)34-20-12-11-17(16-24(20)38-4)36-27(26(35-29(36)40)21-10-5-6-15-33-21)23-14-13-22(39-23)18-8-7-9-19(31)25(18)32/h5-16,26-27H,1-4H3,(H,34,37)(H,35,40)/t26-,27+/m0/s1. The second kappa shape index (κ2) is 11.1. The fraction of sp³-hybridized carbons (Fsp3) is 0.233. The molecule has 206 valence electrons. The van der Waals surface area contributed by atoms with Crippen LogP contribution in [0.1, 0.15) is 44.3 Å². The maximum absolute atomic E-state index is 12.7. The summed E-state index contributed by atoms with van der Waals surface area (Å²) in [7, 11) is 1.56. The van der Waals surface area contributed by atoms with Gasteiger partial charge in [0.25, 0.3) is 0 Å². The number of thiocarbonyl (C=S) groups is 1. The van der Waals surface area contributed by atoms with Crippen molar-refractivity contribution in [3.8, 4) is 17.1 Å². The number of nitrogens with one attached hydrogen (secondary N) is 2. The van der Waals surface area contributed by atoms with Crippen molar-refractivity contribution in [2.75, 3.05) is 17.3 Å². The van der Waals surface area contributed by atoms with Crippen LogP contribution in [-0.2, 0) is 4.79 Å². The van der Waals surface area contributed by atoms with E-state index < -0.39 is 11.5 Å². The number of anilines is 2. The highest BCUT2D eigenvalue weighted by atomic mass is 35.5. The van der Waals surface area contributed by atoms with Crippen LogP contribution in [0, 0.1) is 5.41 Å². The predicted octanol–water partition coefficient (Wildman–Crippen LogP) is 7.82. The van der Waals surface area contributed by atoms with Gasteiger partial charge in [0.05, 0.1) is 34.6 Å². The van der Waals surface area contributed by atoms with Gasteiger partial charge in [-0.15, -0.1) is 0 Å². The Kier molecular flexibility index (Phi) is 7.77. The van der Waals surface area contributed by atoms with E-state index in [9.17, 15) is 4.79 Å². The molecule has 1 aliphatic rings. The van der Waals surface area contributed by atoms with Crippen LogP contribution in [0.4, 0.5) is 11.4 Å². The lowest BCUT2D eigenvalue weighted by Gasteiger charge is -2.27. The zero-order chi connectivity index (χ0) is 28.6. The van der Waals surface area contributed by atoms with E-state index in [0.29, 0.717) is 43.7 Å². The zero-order valence-corrected chi connectivity index (χ0v) is 24.7. The van der Waals surface area contributed by atoms with E-state index in [1.54, 1.807) is 19.4 Å². The molecular weight excluding hydrogens is 567 g/mol. The first kappa shape index (κ1) is 28.0. The van der Waals surface area contributed by atoms with Gasteiger partial charge in [-0.2, -0.15) is 0 Å². The van der Waals surface area contributed by atoms with E-state index in [1.165, 1.54) is 0 Å². The summed E-state index contributed by atoms with van der Waals surface area (Å²) in [5.74, 6) is 1.62. The maximum Gasteiger partial charge on any atom is 0.229 e. The number of hydrogen-bond donors (Lipinski definition) is 2. The van der Waals surface area contributed by atoms with Gasteiger partial charge in [0.2, 0.25) is 5.91 Å². The molecule has 0 bridgehead atoms. The van der Waals surface area contributed by atoms with Crippen molar-refractivity contribution < 1.29 is 13.9 Å². The number of methoxy groups -OCH3 is 1. The van der Waals surface area contributed by atoms with E-state index >= 15 is 0 Å². The van der Waals surface area contributed by atoms with Crippen molar-refractivity contribution >= 4 is 57.8 Å². The highest BCUT2D eigenvalue weighted by Gasteiger charge is 2.43. The van der Waals surface area contributed by atoms with Crippen molar-refractivity contribution in [3.63, 3.8) is 0 Å². The number of carbonyl (C=O) groups excluding carboxylic acids is 1. The minimum Gasteiger partial charge on any atom is -0.494 e. The Hall–Kier alpha value is -3.59. The SMILES string of the molecule is COc1cc(N2C(=S)N[C@@H](c3ccccn3)[C@H]2c2ccc(-c3cccc(Cl)c3Cl)o2)ccc1NC(=O)C(C)(C)C. The van der Waals surface area contributed by atoms with Crippen LogP contribution in [-0.4, -0.2) is 23.1 Å². The van der Waals surface area contributed by atoms with Crippen LogP contribution < -0.4 is 20.3 Å². The molecule has 2 N–H and O–H groups in total. The summed E-state index contributed by atoms with van der Waals surface area (Å²) in [6, 6.07) is 19.8. The van der Waals surface area contributed by atoms with E-state index in [1.807, 2.05) is 86.3 Å². The Morgan fingerprint density at radius 2 is 1.90 bits per heavy atom. The van der Waals surface area contributed by atoms with Gasteiger partial charge in [-0.25, -0.2) is 0 Å². The minimum atomic E-state index is -0.562. The average molecular weight is 596 g/mol. The summed E-state index contributed by atoms with van der Waals surface area (Å²) in [4.78, 5) is 19.2. The van der Waals surface area contributed by atoms with E-state index in [4.69, 9.17) is 44.6 Å². The number of aromatic nitrogens is 1. The van der Waals surface area contributed by atoms with Gasteiger partial charge in [-0.3, -0.25) is 9.78 Å². The number of halogens is 2. The number of benzene rings is 2. The van der Waals surface area contributed by atoms with Gasteiger partial charge in [-0.1, -0.05) is 56.1 Å². The first-order valence-electron chi connectivity index (χ1n) is 12.6. The third kappa shape index (κ3) is 5.39. The molecule has 0 unspecified atom stereocenters. The number of pyridine rings is 1. The molecule has 1 saturated heterocycles. The Balaban J connectivity index is 1.57. The number of nitrogens with zero attached hydrogens (tertiary/aromatic N) is 2. The molecule has 7 nitrogen and oxygen atoms in total. The van der Waals surface area contributed by atoms with Gasteiger partial charge in [0, 0.05) is 28.9 Å². The number of hydrogen-bond acceptors (Lipinski definition) is 5. The summed E-state index contributed by atoms with van der Waals surface area (Å²) in [6.07, 6.45) is 1.74. The second-order valence-electron chi connectivity index (χ2n) is 10.4. The average Bonchev–Trinajstić information content (AvgIpc) is 3.55. The Labute approximate surface area is 248 Å². The van der Waals surface area contributed by atoms with Crippen LogP contribution in [0.3, 0.4) is 0 Å². The first-order valence-corrected chi connectivity index (χ1v) is 13.8. The van der Waals surface area contributed by atoms with Crippen LogP contribution in [0.2, 0.25) is 10.0 Å². The maximum atomic E-state index is 12.7. The summed E-state index contributed by atoms with van der Waals surface area (Å²) in [5, 5.41) is 7.73. The summed E-state index contributed by atoms with van der Waals surface area (Å²) in [6.45, 7) is 5.57. The Morgan fingerprint density at radius 1 is 1.10 bits per heavy atom. The topological polar surface area (TPSA) is 79.6 Å². The van der Waals surface area contributed by atoms with E-state index in [2.05, 4.69) is 15.6 Å². The van der Waals surface area contributed by atoms with Gasteiger partial charge in [0.15, 0.2) is 5.11 Å². The van der Waals surface area contributed by atoms with E-state index in [-0.39, 0.29) is 11.9 Å². The molecular formula is C30H28Cl2N4O3S. The molecule has 0 radical (unpaired) electrons. The van der Waals surface area contributed by atoms with Crippen LogP contribution in [0.25, 0.3) is 11.3 Å². The lowest BCUT2D eigenvalue weighted by molar-refractivity contribution is -0.123. The smallest absolute Gasteiger partial charge is 0.229 e. The number of ether oxygens (including phenoxy) is 1. The monoisotopic (exact) mass is 594 g/mol. The summed E-state index contributed by atoms with van der Waals surface area (Å²) >= 11 is 18.6. The number of furan rings is 1. The first-order chi connectivity index (χ1) is 19.1. The molecule has 3 heterocycles.